The van der Waals surface area contributed by atoms with E-state index in [0.29, 0.717) is 34.8 Å². The summed E-state index contributed by atoms with van der Waals surface area (Å²) in [6, 6.07) is 16.9. The van der Waals surface area contributed by atoms with Gasteiger partial charge in [0.05, 0.1) is 22.7 Å². The summed E-state index contributed by atoms with van der Waals surface area (Å²) in [4.78, 5) is 57.3. The third kappa shape index (κ3) is 9.81. The van der Waals surface area contributed by atoms with Crippen LogP contribution in [0.25, 0.3) is 22.0 Å². The van der Waals surface area contributed by atoms with Crippen molar-refractivity contribution in [3.8, 4) is 22.6 Å². The molecule has 19 heteroatoms. The van der Waals surface area contributed by atoms with Crippen molar-refractivity contribution in [1.29, 1.82) is 0 Å². The van der Waals surface area contributed by atoms with E-state index in [4.69, 9.17) is 38.4 Å². The van der Waals surface area contributed by atoms with Crippen LogP contribution in [0.4, 0.5) is 19.4 Å². The number of fused-ring (bicyclic) bond motifs is 2. The molecule has 392 valence electrons. The number of aliphatic hydroxyl groups excluding tert-OH is 1. The molecule has 1 aliphatic carbocycles. The molecule has 4 aliphatic heterocycles. The van der Waals surface area contributed by atoms with Gasteiger partial charge in [0, 0.05) is 97.2 Å². The van der Waals surface area contributed by atoms with Gasteiger partial charge >= 0.3 is 6.03 Å². The number of piperidine rings is 2. The predicted molar refractivity (Wildman–Crippen MR) is 278 cm³/mol. The van der Waals surface area contributed by atoms with E-state index in [1.165, 1.54) is 23.1 Å². The molecule has 2 atom stereocenters. The molecule has 4 fully saturated rings. The summed E-state index contributed by atoms with van der Waals surface area (Å²) in [6.07, 6.45) is 7.13. The molecule has 3 saturated heterocycles. The Kier molecular flexibility index (Phi) is 14.9. The number of carbonyl (C=O) groups is 4. The van der Waals surface area contributed by atoms with Crippen molar-refractivity contribution in [2.75, 3.05) is 63.9 Å². The van der Waals surface area contributed by atoms with E-state index < -0.39 is 40.1 Å². The van der Waals surface area contributed by atoms with E-state index in [-0.39, 0.29) is 78.1 Å². The maximum atomic E-state index is 16.5. The van der Waals surface area contributed by atoms with Crippen molar-refractivity contribution in [1.82, 2.24) is 30.2 Å². The van der Waals surface area contributed by atoms with Gasteiger partial charge in [-0.3, -0.25) is 29.3 Å². The topological polar surface area (TPSA) is 185 Å². The van der Waals surface area contributed by atoms with Crippen LogP contribution >= 0.6 is 23.2 Å². The lowest BCUT2D eigenvalue weighted by atomic mass is 9.77. The first kappa shape index (κ1) is 51.6. The highest BCUT2D eigenvalue weighted by molar-refractivity contribution is 6.34. The zero-order valence-corrected chi connectivity index (χ0v) is 43.1. The highest BCUT2D eigenvalue weighted by Gasteiger charge is 2.50. The summed E-state index contributed by atoms with van der Waals surface area (Å²) in [7, 11) is 1.86. The molecular formula is C55H62Cl2F2N8O7. The molecule has 15 nitrogen and oxygen atoms in total. The van der Waals surface area contributed by atoms with Crippen molar-refractivity contribution in [3.63, 3.8) is 0 Å². The minimum Gasteiger partial charge on any atom is -0.488 e. The summed E-state index contributed by atoms with van der Waals surface area (Å²) in [6.45, 7) is 6.31. The lowest BCUT2D eigenvalue weighted by Crippen LogP contribution is -2.49. The number of rotatable bonds is 14. The number of benzene rings is 4. The first-order chi connectivity index (χ1) is 35.6. The van der Waals surface area contributed by atoms with Crippen molar-refractivity contribution in [3.05, 3.63) is 105 Å². The number of hydrogen-bond donors (Lipinski definition) is 4. The van der Waals surface area contributed by atoms with E-state index in [9.17, 15) is 24.3 Å². The molecular weight excluding hydrogens is 994 g/mol. The Bertz CT molecular complexity index is 2970. The Morgan fingerprint density at radius 2 is 1.68 bits per heavy atom. The van der Waals surface area contributed by atoms with E-state index in [2.05, 4.69) is 31.6 Å². The molecule has 4 aromatic carbocycles. The monoisotopic (exact) mass is 1050 g/mol. The normalized spacial score (nSPS) is 23.0. The van der Waals surface area contributed by atoms with E-state index >= 15 is 8.78 Å². The average molecular weight is 1060 g/mol. The quantitative estimate of drug-likeness (QED) is 0.0843. The van der Waals surface area contributed by atoms with Crippen LogP contribution in [0.1, 0.15) is 104 Å². The number of primary amides is 1. The number of nitrogens with two attached hydrogens (primary N) is 1. The third-order valence-corrected chi connectivity index (χ3v) is 17.0. The summed E-state index contributed by atoms with van der Waals surface area (Å²) in [5, 5.41) is 21.2. The Morgan fingerprint density at radius 3 is 2.36 bits per heavy atom. The average Bonchev–Trinajstić information content (AvgIpc) is 3.87. The second kappa shape index (κ2) is 21.4. The van der Waals surface area contributed by atoms with Gasteiger partial charge in [0.25, 0.3) is 0 Å². The van der Waals surface area contributed by atoms with Gasteiger partial charge in [-0.25, -0.2) is 13.6 Å². The van der Waals surface area contributed by atoms with E-state index in [0.717, 1.165) is 106 Å². The number of amides is 5. The van der Waals surface area contributed by atoms with Crippen LogP contribution in [0, 0.1) is 23.5 Å². The van der Waals surface area contributed by atoms with Crippen LogP contribution in [0.15, 0.2) is 60.7 Å². The lowest BCUT2D eigenvalue weighted by Gasteiger charge is -2.40. The summed E-state index contributed by atoms with van der Waals surface area (Å²) >= 11 is 13.7. The fourth-order valence-corrected chi connectivity index (χ4v) is 12.8. The van der Waals surface area contributed by atoms with Crippen LogP contribution in [-0.4, -0.2) is 114 Å². The molecule has 0 spiro atoms. The highest BCUT2D eigenvalue weighted by Crippen LogP contribution is 2.56. The van der Waals surface area contributed by atoms with Crippen molar-refractivity contribution >= 4 is 63.7 Å². The molecule has 10 rings (SSSR count). The zero-order valence-electron chi connectivity index (χ0n) is 41.6. The first-order valence-corrected chi connectivity index (χ1v) is 26.6. The number of anilines is 1. The van der Waals surface area contributed by atoms with Gasteiger partial charge in [-0.05, 0) is 112 Å². The van der Waals surface area contributed by atoms with Gasteiger partial charge in [0.1, 0.15) is 18.2 Å². The summed E-state index contributed by atoms with van der Waals surface area (Å²) in [5.41, 5.74) is 7.28. The molecule has 5 N–H and O–H groups in total. The lowest BCUT2D eigenvalue weighted by molar-refractivity contribution is -0.138. The standard InChI is InChI=1S/C55H62Cl2F2N8O7/c1-31-46-44(28-41(58)49(57)48(46)47-37(51(60)70)12-13-43(50(47)59)73-25-24-68)74-55(31,35-6-4-3-5-7-35)30-61-36-10-8-34(9-11-36)53(71)66-21-14-32(15-22-66)29-65-19-16-33(17-20-65)38-27-42-39(26-40(38)56)52(63-64(42)2)67-23-18-45(69)62-54(67)72/h3-7,12-13,26-28,31-34,36,61,68H,8-11,14-25,29-30H2,1-2H3,(H2,60,70)(H,62,69,72)/t31-,34?,36?,55-/m0/s1. The molecule has 0 radical (unpaired) electrons. The number of urea groups is 1. The number of aliphatic hydroxyl groups is 1. The molecule has 1 aromatic heterocycles. The zero-order chi connectivity index (χ0) is 52.0. The van der Waals surface area contributed by atoms with E-state index in [1.54, 1.807) is 4.68 Å². The van der Waals surface area contributed by atoms with Gasteiger partial charge in [-0.1, -0.05) is 60.5 Å². The number of nitrogens with zero attached hydrogens (tertiary/aromatic N) is 5. The SMILES string of the molecule is C[C@H]1c2c(cc(F)c(Cl)c2-c2c(C(N)=O)ccc(OCCO)c2F)O[C@]1(CNC1CCC(C(=O)N2CCC(CN3CCC(c4cc5c(cc4Cl)c(N4CCC(=O)NC4=O)nn5C)CC3)CC2)CC1)c1ccccc1. The van der Waals surface area contributed by atoms with Crippen molar-refractivity contribution in [2.45, 2.75) is 88.2 Å². The molecule has 0 bridgehead atoms. The minimum absolute atomic E-state index is 0.0529. The van der Waals surface area contributed by atoms with Gasteiger partial charge in [-0.2, -0.15) is 5.10 Å². The van der Waals surface area contributed by atoms with Crippen LogP contribution in [0.3, 0.4) is 0 Å². The molecule has 5 amide bonds. The number of aromatic nitrogens is 2. The molecule has 5 aliphatic rings. The van der Waals surface area contributed by atoms with Crippen LogP contribution < -0.4 is 30.7 Å². The largest absolute Gasteiger partial charge is 0.488 e. The van der Waals surface area contributed by atoms with Crippen LogP contribution in [0.2, 0.25) is 10.0 Å². The minimum atomic E-state index is -1.11. The molecule has 1 saturated carbocycles. The maximum Gasteiger partial charge on any atom is 0.329 e. The number of halogens is 4. The Morgan fingerprint density at radius 1 is 0.946 bits per heavy atom. The Hall–Kier alpha value is -5.85. The number of hydrogen-bond acceptors (Lipinski definition) is 10. The summed E-state index contributed by atoms with van der Waals surface area (Å²) < 4.78 is 46.4. The van der Waals surface area contributed by atoms with Crippen molar-refractivity contribution in [2.24, 2.45) is 24.6 Å². The van der Waals surface area contributed by atoms with E-state index in [1.807, 2.05) is 50.4 Å². The number of ether oxygens (including phenoxy) is 2. The number of likely N-dealkylation sites (tertiary alicyclic amines) is 2. The first-order valence-electron chi connectivity index (χ1n) is 25.8. The Labute approximate surface area is 438 Å². The number of nitrogens with one attached hydrogen (secondary N) is 2. The van der Waals surface area contributed by atoms with Gasteiger partial charge in [0.2, 0.25) is 17.7 Å². The molecule has 5 heterocycles. The third-order valence-electron chi connectivity index (χ3n) is 16.3. The summed E-state index contributed by atoms with van der Waals surface area (Å²) in [5.74, 6) is -2.24. The fourth-order valence-electron chi connectivity index (χ4n) is 12.3. The second-order valence-corrected chi connectivity index (χ2v) is 21.4. The number of imide groups is 1. The van der Waals surface area contributed by atoms with Gasteiger partial charge in [0.15, 0.2) is 23.0 Å². The second-order valence-electron chi connectivity index (χ2n) is 20.6. The molecule has 74 heavy (non-hydrogen) atoms. The number of carbonyl (C=O) groups excluding carboxylic acids is 4. The predicted octanol–water partition coefficient (Wildman–Crippen LogP) is 8.40. The van der Waals surface area contributed by atoms with Crippen molar-refractivity contribution < 1.29 is 42.5 Å². The van der Waals surface area contributed by atoms with Gasteiger partial charge < -0.3 is 35.4 Å². The molecule has 5 aromatic rings. The van der Waals surface area contributed by atoms with Crippen LogP contribution in [0.5, 0.6) is 11.5 Å². The fraction of sp³-hybridized carbons (Fsp3) is 0.473. The van der Waals surface area contributed by atoms with Gasteiger partial charge in [-0.15, -0.1) is 0 Å². The molecule has 0 unspecified atom stereocenters. The Balaban J connectivity index is 0.735. The maximum absolute atomic E-state index is 16.5. The smallest absolute Gasteiger partial charge is 0.329 e. The van der Waals surface area contributed by atoms with Crippen LogP contribution in [-0.2, 0) is 22.2 Å². The highest BCUT2D eigenvalue weighted by atomic mass is 35.5. The number of aryl methyl sites for hydroxylation is 1.